The first-order valence-electron chi connectivity index (χ1n) is 6.31. The Morgan fingerprint density at radius 2 is 1.75 bits per heavy atom. The first kappa shape index (κ1) is 13.9. The van der Waals surface area contributed by atoms with Crippen molar-refractivity contribution in [2.24, 2.45) is 0 Å². The summed E-state index contributed by atoms with van der Waals surface area (Å²) in [5.74, 6) is 0.227. The Labute approximate surface area is 99.5 Å². The van der Waals surface area contributed by atoms with Crippen LogP contribution < -0.4 is 5.32 Å². The molecule has 1 N–H and O–H groups in total. The van der Waals surface area contributed by atoms with Crippen LogP contribution in [0.4, 0.5) is 0 Å². The van der Waals surface area contributed by atoms with Crippen molar-refractivity contribution in [1.29, 1.82) is 0 Å². The van der Waals surface area contributed by atoms with Gasteiger partial charge in [-0.3, -0.25) is 0 Å². The highest BCUT2D eigenvalue weighted by Gasteiger charge is 2.19. The Morgan fingerprint density at radius 1 is 1.19 bits per heavy atom. The monoisotopic (exact) mass is 248 g/mol. The minimum atomic E-state index is -3.04. The maximum Gasteiger partial charge on any atom is 0.215 e. The summed E-state index contributed by atoms with van der Waals surface area (Å²) in [5.41, 5.74) is 0. The minimum Gasteiger partial charge on any atom is -0.313 e. The van der Waals surface area contributed by atoms with Crippen LogP contribution in [0.2, 0.25) is 0 Å². The molecular weight excluding hydrogens is 224 g/mol. The average Bonchev–Trinajstić information content (AvgIpc) is 2.71. The average molecular weight is 248 g/mol. The van der Waals surface area contributed by atoms with Crippen LogP contribution in [0.5, 0.6) is 0 Å². The second kappa shape index (κ2) is 6.57. The normalized spacial score (nSPS) is 18.4. The fourth-order valence-electron chi connectivity index (χ4n) is 2.27. The van der Waals surface area contributed by atoms with E-state index in [1.54, 1.807) is 0 Å². The highest BCUT2D eigenvalue weighted by atomic mass is 32.2. The van der Waals surface area contributed by atoms with E-state index in [0.717, 1.165) is 0 Å². The molecule has 5 heteroatoms. The molecule has 4 nitrogen and oxygen atoms in total. The molecule has 0 aromatic carbocycles. The molecule has 0 spiro atoms. The largest absolute Gasteiger partial charge is 0.313 e. The van der Waals surface area contributed by atoms with Crippen LogP contribution in [0.15, 0.2) is 0 Å². The summed E-state index contributed by atoms with van der Waals surface area (Å²) in [6.07, 6.45) is 4.96. The van der Waals surface area contributed by atoms with E-state index in [2.05, 4.69) is 5.32 Å². The zero-order valence-electron chi connectivity index (χ0n) is 10.4. The maximum atomic E-state index is 11.9. The van der Waals surface area contributed by atoms with E-state index in [4.69, 9.17) is 0 Å². The van der Waals surface area contributed by atoms with Gasteiger partial charge in [0.05, 0.1) is 5.75 Å². The quantitative estimate of drug-likeness (QED) is 0.736. The number of rotatable bonds is 7. The molecule has 0 unspecified atom stereocenters. The Balaban J connectivity index is 2.29. The predicted octanol–water partition coefficient (Wildman–Crippen LogP) is 1.19. The van der Waals surface area contributed by atoms with Crippen molar-refractivity contribution in [1.82, 2.24) is 9.62 Å². The first-order valence-corrected chi connectivity index (χ1v) is 7.92. The van der Waals surface area contributed by atoms with Gasteiger partial charge in [0.15, 0.2) is 0 Å². The van der Waals surface area contributed by atoms with E-state index in [-0.39, 0.29) is 5.75 Å². The van der Waals surface area contributed by atoms with Gasteiger partial charge in [-0.05, 0) is 12.8 Å². The Kier molecular flexibility index (Phi) is 5.72. The summed E-state index contributed by atoms with van der Waals surface area (Å²) in [5, 5.41) is 3.33. The van der Waals surface area contributed by atoms with Crippen molar-refractivity contribution < 1.29 is 8.42 Å². The van der Waals surface area contributed by atoms with Crippen LogP contribution in [0, 0.1) is 0 Å². The summed E-state index contributed by atoms with van der Waals surface area (Å²) in [7, 11) is -3.04. The third kappa shape index (κ3) is 4.03. The fraction of sp³-hybridized carbons (Fsp3) is 1.00. The van der Waals surface area contributed by atoms with Gasteiger partial charge >= 0.3 is 0 Å². The predicted molar refractivity (Wildman–Crippen MR) is 67.0 cm³/mol. The lowest BCUT2D eigenvalue weighted by molar-refractivity contribution is 0.441. The van der Waals surface area contributed by atoms with Crippen molar-refractivity contribution in [3.05, 3.63) is 0 Å². The summed E-state index contributed by atoms with van der Waals surface area (Å²) in [4.78, 5) is 0. The zero-order valence-corrected chi connectivity index (χ0v) is 11.2. The third-order valence-corrected chi connectivity index (χ3v) is 5.27. The molecule has 1 aliphatic carbocycles. The van der Waals surface area contributed by atoms with Crippen LogP contribution in [-0.4, -0.2) is 44.2 Å². The summed E-state index contributed by atoms with van der Waals surface area (Å²) in [6, 6.07) is 0.548. The van der Waals surface area contributed by atoms with E-state index >= 15 is 0 Å². The van der Waals surface area contributed by atoms with Gasteiger partial charge in [0.1, 0.15) is 0 Å². The zero-order chi connectivity index (χ0) is 12.0. The third-order valence-electron chi connectivity index (χ3n) is 3.25. The molecular formula is C11H24N2O2S. The van der Waals surface area contributed by atoms with Gasteiger partial charge in [0.2, 0.25) is 10.0 Å². The first-order chi connectivity index (χ1) is 7.60. The van der Waals surface area contributed by atoms with Crippen molar-refractivity contribution in [3.63, 3.8) is 0 Å². The molecule has 0 radical (unpaired) electrons. The van der Waals surface area contributed by atoms with Crippen molar-refractivity contribution >= 4 is 10.0 Å². The Morgan fingerprint density at radius 3 is 2.25 bits per heavy atom. The second-order valence-electron chi connectivity index (χ2n) is 4.34. The topological polar surface area (TPSA) is 49.4 Å². The molecule has 0 aliphatic heterocycles. The SMILES string of the molecule is CCN(CC)S(=O)(=O)CCNC1CCCC1. The molecule has 0 bridgehead atoms. The lowest BCUT2D eigenvalue weighted by Crippen LogP contribution is -2.38. The summed E-state index contributed by atoms with van der Waals surface area (Å²) >= 11 is 0. The Bertz CT molecular complexity index is 280. The number of hydrogen-bond acceptors (Lipinski definition) is 3. The van der Waals surface area contributed by atoms with E-state index in [0.29, 0.717) is 25.7 Å². The van der Waals surface area contributed by atoms with E-state index in [9.17, 15) is 8.42 Å². The molecule has 0 heterocycles. The van der Waals surface area contributed by atoms with Gasteiger partial charge in [-0.2, -0.15) is 0 Å². The van der Waals surface area contributed by atoms with Gasteiger partial charge in [-0.1, -0.05) is 26.7 Å². The standard InChI is InChI=1S/C11H24N2O2S/c1-3-13(4-2)16(14,15)10-9-12-11-7-5-6-8-11/h11-12H,3-10H2,1-2H3. The van der Waals surface area contributed by atoms with Gasteiger partial charge < -0.3 is 5.32 Å². The van der Waals surface area contributed by atoms with Crippen molar-refractivity contribution in [2.75, 3.05) is 25.4 Å². The van der Waals surface area contributed by atoms with Gasteiger partial charge in [-0.25, -0.2) is 12.7 Å². The molecule has 1 saturated carbocycles. The molecule has 1 aliphatic rings. The molecule has 96 valence electrons. The van der Waals surface area contributed by atoms with Crippen molar-refractivity contribution in [2.45, 2.75) is 45.6 Å². The maximum absolute atomic E-state index is 11.9. The van der Waals surface area contributed by atoms with Crippen LogP contribution >= 0.6 is 0 Å². The molecule has 0 amide bonds. The summed E-state index contributed by atoms with van der Waals surface area (Å²) in [6.45, 7) is 5.49. The highest BCUT2D eigenvalue weighted by molar-refractivity contribution is 7.89. The van der Waals surface area contributed by atoms with E-state index in [1.165, 1.54) is 30.0 Å². The molecule has 0 atom stereocenters. The highest BCUT2D eigenvalue weighted by Crippen LogP contribution is 2.17. The number of nitrogens with one attached hydrogen (secondary N) is 1. The number of hydrogen-bond donors (Lipinski definition) is 1. The second-order valence-corrected chi connectivity index (χ2v) is 6.42. The lowest BCUT2D eigenvalue weighted by atomic mass is 10.2. The van der Waals surface area contributed by atoms with Crippen molar-refractivity contribution in [3.8, 4) is 0 Å². The molecule has 0 aromatic heterocycles. The molecule has 1 fully saturated rings. The fourth-order valence-corrected chi connectivity index (χ4v) is 3.69. The van der Waals surface area contributed by atoms with Gasteiger partial charge in [-0.15, -0.1) is 0 Å². The Hall–Kier alpha value is -0.130. The van der Waals surface area contributed by atoms with Crippen LogP contribution in [0.25, 0.3) is 0 Å². The van der Waals surface area contributed by atoms with Gasteiger partial charge in [0.25, 0.3) is 0 Å². The number of nitrogens with zero attached hydrogens (tertiary/aromatic N) is 1. The van der Waals surface area contributed by atoms with E-state index in [1.807, 2.05) is 13.8 Å². The molecule has 0 aromatic rings. The number of sulfonamides is 1. The molecule has 1 rings (SSSR count). The van der Waals surface area contributed by atoms with Crippen LogP contribution in [-0.2, 0) is 10.0 Å². The van der Waals surface area contributed by atoms with E-state index < -0.39 is 10.0 Å². The molecule has 16 heavy (non-hydrogen) atoms. The molecule has 0 saturated heterocycles. The minimum absolute atomic E-state index is 0.227. The summed E-state index contributed by atoms with van der Waals surface area (Å²) < 4.78 is 25.2. The van der Waals surface area contributed by atoms with Crippen LogP contribution in [0.3, 0.4) is 0 Å². The lowest BCUT2D eigenvalue weighted by Gasteiger charge is -2.19. The smallest absolute Gasteiger partial charge is 0.215 e. The van der Waals surface area contributed by atoms with Gasteiger partial charge in [0, 0.05) is 25.7 Å². The van der Waals surface area contributed by atoms with Crippen LogP contribution in [0.1, 0.15) is 39.5 Å².